The molecule has 0 bridgehead atoms. The van der Waals surface area contributed by atoms with Gasteiger partial charge in [-0.05, 0) is 101 Å². The Morgan fingerprint density at radius 1 is 0.352 bits per heavy atom. The van der Waals surface area contributed by atoms with Crippen molar-refractivity contribution in [2.24, 2.45) is 23.7 Å². The fourth-order valence-electron chi connectivity index (χ4n) is 17.2. The number of hydrogen-bond acceptors (Lipinski definition) is 24. The number of aromatic nitrogens is 12. The Kier molecular flexibility index (Phi) is 25.2. The van der Waals surface area contributed by atoms with Crippen LogP contribution in [0.3, 0.4) is 0 Å². The van der Waals surface area contributed by atoms with E-state index in [0.29, 0.717) is 49.5 Å². The van der Waals surface area contributed by atoms with Gasteiger partial charge in [-0.1, -0.05) is 91.8 Å². The summed E-state index contributed by atoms with van der Waals surface area (Å²) in [7, 11) is 5.16. The third-order valence-electron chi connectivity index (χ3n) is 23.4. The Morgan fingerprint density at radius 3 is 0.943 bits per heavy atom. The number of carbonyl (C=O) groups excluding carboxylic acids is 8. The Hall–Kier alpha value is -11.8. The molecule has 4 saturated heterocycles. The van der Waals surface area contributed by atoms with Crippen molar-refractivity contribution < 1.29 is 57.3 Å². The van der Waals surface area contributed by atoms with Crippen molar-refractivity contribution in [3.05, 3.63) is 118 Å². The molecule has 0 aliphatic carbocycles. The number of aromatic amines is 4. The molecule has 4 aliphatic heterocycles. The van der Waals surface area contributed by atoms with Gasteiger partial charge in [0.1, 0.15) is 47.5 Å². The summed E-state index contributed by atoms with van der Waals surface area (Å²) >= 11 is 6.37. The van der Waals surface area contributed by atoms with Crippen LogP contribution in [0.15, 0.2) is 84.3 Å². The molecule has 36 heteroatoms. The van der Waals surface area contributed by atoms with Crippen molar-refractivity contribution in [2.45, 2.75) is 169 Å². The topological polar surface area (TPSA) is 401 Å². The van der Waals surface area contributed by atoms with E-state index in [1.165, 1.54) is 28.4 Å². The number of carbonyl (C=O) groups is 8. The molecule has 0 radical (unpaired) electrons. The van der Waals surface area contributed by atoms with E-state index < -0.39 is 48.5 Å². The van der Waals surface area contributed by atoms with E-state index in [0.717, 1.165) is 170 Å². The van der Waals surface area contributed by atoms with Crippen LogP contribution in [0, 0.1) is 37.5 Å². The summed E-state index contributed by atoms with van der Waals surface area (Å²) in [5.74, 6) is 1.63. The summed E-state index contributed by atoms with van der Waals surface area (Å²) in [6.45, 7) is 21.5. The molecule has 0 unspecified atom stereocenters. The first-order chi connectivity index (χ1) is 58.7. The molecule has 0 spiro atoms. The molecule has 8 amide bonds. The predicted molar refractivity (Wildman–Crippen MR) is 468 cm³/mol. The van der Waals surface area contributed by atoms with Crippen molar-refractivity contribution in [1.82, 2.24) is 101 Å². The van der Waals surface area contributed by atoms with Crippen LogP contribution < -0.4 is 21.3 Å². The maximum Gasteiger partial charge on any atom is 0.407 e. The Labute approximate surface area is 719 Å². The lowest BCUT2D eigenvalue weighted by Crippen LogP contribution is -2.51. The van der Waals surface area contributed by atoms with Crippen molar-refractivity contribution in [1.29, 1.82) is 0 Å². The number of likely N-dealkylation sites (tertiary alicyclic amines) is 4. The number of imidazole rings is 4. The molecule has 4 aliphatic rings. The Morgan fingerprint density at radius 2 is 0.607 bits per heavy atom. The lowest BCUT2D eigenvalue weighted by molar-refractivity contribution is -0.136. The zero-order valence-corrected chi connectivity index (χ0v) is 73.7. The third-order valence-corrected chi connectivity index (χ3v) is 27.1. The molecule has 32 nitrogen and oxygen atoms in total. The maximum absolute atomic E-state index is 13.8. The molecule has 4 aromatic carbocycles. The fraction of sp³-hybridized carbons (Fsp3) is 0.442. The van der Waals surface area contributed by atoms with Crippen LogP contribution in [0.25, 0.3) is 108 Å². The van der Waals surface area contributed by atoms with E-state index in [1.54, 1.807) is 56.4 Å². The second-order valence-electron chi connectivity index (χ2n) is 32.4. The van der Waals surface area contributed by atoms with Gasteiger partial charge >= 0.3 is 24.4 Å². The second-order valence-corrected chi connectivity index (χ2v) is 36.6. The first kappa shape index (κ1) is 85.2. The van der Waals surface area contributed by atoms with E-state index in [-0.39, 0.29) is 71.5 Å². The summed E-state index contributed by atoms with van der Waals surface area (Å²) in [6.07, 6.45) is 11.0. The van der Waals surface area contributed by atoms with Crippen molar-refractivity contribution in [2.75, 3.05) is 54.6 Å². The highest BCUT2D eigenvalue weighted by Gasteiger charge is 2.43. The van der Waals surface area contributed by atoms with Gasteiger partial charge in [-0.25, -0.2) is 59.0 Å². The summed E-state index contributed by atoms with van der Waals surface area (Å²) in [5.41, 5.74) is 18.1. The lowest BCUT2D eigenvalue weighted by atomic mass is 9.98. The minimum Gasteiger partial charge on any atom is -0.453 e. The first-order valence-electron chi connectivity index (χ1n) is 41.1. The van der Waals surface area contributed by atoms with Crippen LogP contribution in [0.2, 0.25) is 0 Å². The minimum atomic E-state index is -0.719. The molecule has 0 saturated carbocycles. The van der Waals surface area contributed by atoms with Gasteiger partial charge in [0.05, 0.1) is 162 Å². The average molecular weight is 1730 g/mol. The fourth-order valence-corrected chi connectivity index (χ4v) is 20.8. The summed E-state index contributed by atoms with van der Waals surface area (Å²) in [5, 5.41) is 12.7. The van der Waals surface area contributed by atoms with E-state index in [9.17, 15) is 38.4 Å². The summed E-state index contributed by atoms with van der Waals surface area (Å²) in [4.78, 5) is 163. The average Bonchev–Trinajstić information content (AvgIpc) is 1.57. The van der Waals surface area contributed by atoms with Crippen LogP contribution >= 0.6 is 45.3 Å². The number of nitrogens with zero attached hydrogens (tertiary/aromatic N) is 12. The standard InChI is InChI=1S/C44H52N10O6S2.C42H48N10O6S2/c1-21(2)33(51-43(57)59-7)41(55)53-17-9-11-31(53)39-45-19-29(49-39)27-15-14-26(37-36(27)48-24(6)61-37)25-13-16-28(38-35(25)47-23(5)62-38)30-20-46-40(50-30)32-12-10-18-54(32)42(56)34(22(3)4)52-44(58)60-8;1-21(2)31(49-41(55)57-5)39(53)51-15-7-9-29(51)37-43-17-27(47-37)25-13-12-24(35-34(25)46-20-59-35)23-11-14-26(36-33(23)45-19-60-36)28-18-44-38(48-28)30-10-8-16-52(30)40(54)32(22(3)4)50-42(56)58-6/h13-16,19-22,31-34H,9-12,17-18H2,1-8H3,(H,45,49)(H,46,50)(H,51,57)(H,52,58);11-14,17-22,29-32H,7-10,15-16H2,1-6H3,(H,43,47)(H,44,48)(H,49,55)(H,50,56)/t31-,32-,33-,34-;29-,30-,31-,32-/m00/s1. The highest BCUT2D eigenvalue weighted by atomic mass is 32.1. The smallest absolute Gasteiger partial charge is 0.407 e. The lowest BCUT2D eigenvalue weighted by Gasteiger charge is -2.30. The van der Waals surface area contributed by atoms with Crippen LogP contribution in [0.5, 0.6) is 0 Å². The number of alkyl carbamates (subject to hydrolysis) is 4. The van der Waals surface area contributed by atoms with E-state index in [2.05, 4.69) is 83.7 Å². The molecule has 8 aromatic heterocycles. The van der Waals surface area contributed by atoms with E-state index >= 15 is 0 Å². The van der Waals surface area contributed by atoms with Gasteiger partial charge in [0.25, 0.3) is 0 Å². The number of benzene rings is 4. The second kappa shape index (κ2) is 36.1. The van der Waals surface area contributed by atoms with Gasteiger partial charge in [0.15, 0.2) is 0 Å². The van der Waals surface area contributed by atoms with Crippen LogP contribution in [0.4, 0.5) is 19.2 Å². The number of fused-ring (bicyclic) bond motifs is 4. The van der Waals surface area contributed by atoms with Gasteiger partial charge < -0.3 is 79.8 Å². The normalized spacial score (nSPS) is 17.7. The highest BCUT2D eigenvalue weighted by molar-refractivity contribution is 7.20. The number of hydrogen-bond donors (Lipinski definition) is 8. The number of H-pyrrole nitrogens is 4. The molecule has 122 heavy (non-hydrogen) atoms. The van der Waals surface area contributed by atoms with Crippen molar-refractivity contribution in [3.63, 3.8) is 0 Å². The van der Waals surface area contributed by atoms with Gasteiger partial charge in [-0.3, -0.25) is 19.2 Å². The zero-order chi connectivity index (χ0) is 86.2. The number of thiazole rings is 4. The zero-order valence-electron chi connectivity index (χ0n) is 70.4. The van der Waals surface area contributed by atoms with Crippen LogP contribution in [0.1, 0.15) is 164 Å². The molecule has 8 atom stereocenters. The minimum absolute atomic E-state index is 0.127. The number of rotatable bonds is 22. The van der Waals surface area contributed by atoms with Crippen LogP contribution in [-0.4, -0.2) is 206 Å². The maximum atomic E-state index is 13.8. The number of methoxy groups -OCH3 is 4. The quantitative estimate of drug-likeness (QED) is 0.0292. The SMILES string of the molecule is COC(=O)N[C@H](C(=O)N1CCC[C@H]1c1ncc(-c2ccc(-c3ccc(-c4cnc([C@@H]5CCCN5C(=O)[C@@H](NC(=O)OC)C(C)C)[nH]4)c4sc(C)nc34)c3sc(C)nc23)[nH]1)C(C)C.COC(=O)N[C@H](C(=O)N1CCC[C@H]1c1ncc(-c2ccc(-c3ccc(-c4cnc([C@@H]5CCCN5C(=O)[C@@H](NC(=O)OC)C(C)C)[nH]4)c4scnc34)c3scnc23)[nH]1)C(C)C. The van der Waals surface area contributed by atoms with Crippen LogP contribution in [-0.2, 0) is 38.1 Å². The largest absolute Gasteiger partial charge is 0.453 e. The van der Waals surface area contributed by atoms with Crippen molar-refractivity contribution in [3.8, 4) is 67.3 Å². The van der Waals surface area contributed by atoms with Gasteiger partial charge in [0.2, 0.25) is 23.6 Å². The van der Waals surface area contributed by atoms with Gasteiger partial charge in [-0.2, -0.15) is 0 Å². The third kappa shape index (κ3) is 16.8. The monoisotopic (exact) mass is 1730 g/mol. The molecule has 8 N–H and O–H groups in total. The number of ether oxygens (including phenoxy) is 4. The summed E-state index contributed by atoms with van der Waals surface area (Å²) in [6, 6.07) is 12.8. The number of amides is 8. The van der Waals surface area contributed by atoms with Crippen molar-refractivity contribution >= 4 is 134 Å². The molecule has 12 heterocycles. The molecular formula is C86H100N20O12S4. The first-order valence-corrected chi connectivity index (χ1v) is 44.5. The Balaban J connectivity index is 0.000000190. The summed E-state index contributed by atoms with van der Waals surface area (Å²) < 4.78 is 23.2. The molecule has 16 rings (SSSR count). The highest BCUT2D eigenvalue weighted by Crippen LogP contribution is 2.48. The molecular weight excluding hydrogens is 1630 g/mol. The number of nitrogens with one attached hydrogen (secondary N) is 8. The predicted octanol–water partition coefficient (Wildman–Crippen LogP) is 15.5. The molecule has 640 valence electrons. The molecule has 4 fully saturated rings. The van der Waals surface area contributed by atoms with E-state index in [4.69, 9.17) is 58.8 Å². The van der Waals surface area contributed by atoms with E-state index in [1.807, 2.05) is 120 Å². The van der Waals surface area contributed by atoms with Gasteiger partial charge in [0, 0.05) is 70.7 Å². The molecule has 12 aromatic rings. The van der Waals surface area contributed by atoms with Gasteiger partial charge in [-0.15, -0.1) is 45.3 Å². The number of aryl methyl sites for hydroxylation is 2. The Bertz CT molecular complexity index is 5580.